The van der Waals surface area contributed by atoms with E-state index in [4.69, 9.17) is 9.40 Å². The third kappa shape index (κ3) is 3.56. The Morgan fingerprint density at radius 3 is 2.85 bits per heavy atom. The van der Waals surface area contributed by atoms with Crippen LogP contribution in [0.1, 0.15) is 41.5 Å². The van der Waals surface area contributed by atoms with E-state index in [1.54, 1.807) is 30.1 Å². The number of hydrogen-bond acceptors (Lipinski definition) is 6. The quantitative estimate of drug-likeness (QED) is 0.255. The molecule has 39 heavy (non-hydrogen) atoms. The van der Waals surface area contributed by atoms with Gasteiger partial charge in [-0.25, -0.2) is 19.3 Å². The van der Waals surface area contributed by atoms with Crippen molar-refractivity contribution in [1.29, 1.82) is 0 Å². The maximum atomic E-state index is 13.7. The molecule has 2 unspecified atom stereocenters. The van der Waals surface area contributed by atoms with E-state index in [-0.39, 0.29) is 17.7 Å². The van der Waals surface area contributed by atoms with Gasteiger partial charge in [-0.2, -0.15) is 9.67 Å². The van der Waals surface area contributed by atoms with Crippen LogP contribution >= 0.6 is 0 Å². The van der Waals surface area contributed by atoms with Crippen molar-refractivity contribution >= 4 is 10.9 Å². The molecule has 0 saturated heterocycles. The highest BCUT2D eigenvalue weighted by molar-refractivity contribution is 5.86. The topological polar surface area (TPSA) is 137 Å². The Labute approximate surface area is 220 Å². The van der Waals surface area contributed by atoms with Crippen molar-refractivity contribution in [3.63, 3.8) is 0 Å². The lowest BCUT2D eigenvalue weighted by Gasteiger charge is -2.38. The second-order valence-electron chi connectivity index (χ2n) is 9.70. The van der Waals surface area contributed by atoms with E-state index in [0.717, 1.165) is 39.1 Å². The molecule has 5 aromatic heterocycles. The van der Waals surface area contributed by atoms with E-state index in [2.05, 4.69) is 36.6 Å². The number of rotatable bonds is 5. The van der Waals surface area contributed by atoms with Crippen LogP contribution in [-0.4, -0.2) is 34.9 Å². The fourth-order valence-electron chi connectivity index (χ4n) is 5.62. The Kier molecular flexibility index (Phi) is 5.13. The summed E-state index contributed by atoms with van der Waals surface area (Å²) in [7, 11) is 1.78. The highest BCUT2D eigenvalue weighted by Gasteiger charge is 2.50. The minimum atomic E-state index is -1.17. The number of halogens is 1. The Balaban J connectivity index is 1.44. The summed E-state index contributed by atoms with van der Waals surface area (Å²) in [6.45, 7) is 2.67. The van der Waals surface area contributed by atoms with Crippen molar-refractivity contribution in [2.75, 3.05) is 0 Å². The summed E-state index contributed by atoms with van der Waals surface area (Å²) in [5, 5.41) is 16.0. The molecular weight excluding hydrogens is 501 g/mol. The van der Waals surface area contributed by atoms with E-state index in [1.807, 2.05) is 36.0 Å². The van der Waals surface area contributed by atoms with Gasteiger partial charge in [0.15, 0.2) is 11.4 Å². The smallest absolute Gasteiger partial charge is 0.390 e. The molecule has 1 aromatic carbocycles. The summed E-state index contributed by atoms with van der Waals surface area (Å²) >= 11 is 0. The molecule has 0 amide bonds. The molecule has 0 aliphatic carbocycles. The molecular formula is C27H25FN9O2+. The van der Waals surface area contributed by atoms with Gasteiger partial charge in [-0.3, -0.25) is 10.00 Å². The van der Waals surface area contributed by atoms with E-state index in [9.17, 15) is 9.18 Å². The number of aromatic amines is 3. The Morgan fingerprint density at radius 2 is 2.08 bits per heavy atom. The first kappa shape index (κ1) is 23.3. The maximum absolute atomic E-state index is 13.7. The monoisotopic (exact) mass is 526 g/mol. The van der Waals surface area contributed by atoms with Crippen molar-refractivity contribution in [3.8, 4) is 11.4 Å². The van der Waals surface area contributed by atoms with Crippen LogP contribution in [0.25, 0.3) is 22.3 Å². The SMILES string of the molecule is CCn1cc(C2(c3n[nH]c(=O)o3)NC(c3ncc(-c4ccc(F)c[n+]4C)[nH]3)Cc3c2[nH]c2ccccc32)cn1. The lowest BCUT2D eigenvalue weighted by molar-refractivity contribution is -0.662. The van der Waals surface area contributed by atoms with Crippen LogP contribution in [0.2, 0.25) is 0 Å². The van der Waals surface area contributed by atoms with Crippen LogP contribution < -0.4 is 15.6 Å². The minimum absolute atomic E-state index is 0.164. The van der Waals surface area contributed by atoms with Gasteiger partial charge in [-0.1, -0.05) is 18.2 Å². The van der Waals surface area contributed by atoms with Gasteiger partial charge < -0.3 is 14.4 Å². The van der Waals surface area contributed by atoms with Crippen LogP contribution in [0.3, 0.4) is 0 Å². The van der Waals surface area contributed by atoms with Gasteiger partial charge in [0.25, 0.3) is 0 Å². The molecule has 0 bridgehead atoms. The van der Waals surface area contributed by atoms with Gasteiger partial charge in [0.05, 0.1) is 24.1 Å². The van der Waals surface area contributed by atoms with Gasteiger partial charge >= 0.3 is 5.76 Å². The van der Waals surface area contributed by atoms with Crippen LogP contribution in [0.5, 0.6) is 0 Å². The molecule has 6 aromatic rings. The summed E-state index contributed by atoms with van der Waals surface area (Å²) in [5.41, 5.74) is 3.94. The molecule has 0 radical (unpaired) electrons. The number of para-hydroxylation sites is 1. The Morgan fingerprint density at radius 1 is 1.21 bits per heavy atom. The summed E-state index contributed by atoms with van der Waals surface area (Å²) in [6, 6.07) is 10.9. The molecule has 4 N–H and O–H groups in total. The molecule has 0 spiro atoms. The zero-order chi connectivity index (χ0) is 26.7. The average Bonchev–Trinajstić information content (AvgIpc) is 3.74. The highest BCUT2D eigenvalue weighted by Crippen LogP contribution is 2.45. The van der Waals surface area contributed by atoms with E-state index < -0.39 is 11.3 Å². The molecule has 196 valence electrons. The van der Waals surface area contributed by atoms with Gasteiger partial charge in [0, 0.05) is 35.3 Å². The normalized spacial score (nSPS) is 19.0. The van der Waals surface area contributed by atoms with Crippen LogP contribution in [0.15, 0.2) is 70.4 Å². The first-order valence-corrected chi connectivity index (χ1v) is 12.6. The fourth-order valence-corrected chi connectivity index (χ4v) is 5.62. The van der Waals surface area contributed by atoms with Crippen molar-refractivity contribution < 1.29 is 13.4 Å². The zero-order valence-electron chi connectivity index (χ0n) is 21.2. The number of pyridine rings is 1. The van der Waals surface area contributed by atoms with Crippen LogP contribution in [0, 0.1) is 5.82 Å². The number of H-pyrrole nitrogens is 3. The van der Waals surface area contributed by atoms with Crippen molar-refractivity contribution in [2.45, 2.75) is 31.5 Å². The maximum Gasteiger partial charge on any atom is 0.434 e. The number of imidazole rings is 1. The standard InChI is InChI=1S/C27H24FN9O2/c1-3-37-13-15(11-30-37)27(25-34-35-26(38)39-25)23-18(17-6-4-5-7-19(17)31-23)10-20(33-27)24-29-12-21(32-24)22-9-8-16(28)14-36(22)2/h4-9,11-14,20,31,33H,3,10H2,1-2H3,(H,35,38)/p+1. The Hall–Kier alpha value is -4.84. The lowest BCUT2D eigenvalue weighted by Crippen LogP contribution is -2.51. The molecule has 7 rings (SSSR count). The molecule has 0 fully saturated rings. The average molecular weight is 527 g/mol. The van der Waals surface area contributed by atoms with Gasteiger partial charge in [-0.15, -0.1) is 5.10 Å². The molecule has 2 atom stereocenters. The number of fused-ring (bicyclic) bond motifs is 3. The minimum Gasteiger partial charge on any atom is -0.390 e. The summed E-state index contributed by atoms with van der Waals surface area (Å²) in [4.78, 5) is 23.9. The zero-order valence-corrected chi connectivity index (χ0v) is 21.2. The first-order valence-electron chi connectivity index (χ1n) is 12.6. The second-order valence-corrected chi connectivity index (χ2v) is 9.70. The van der Waals surface area contributed by atoms with Gasteiger partial charge in [-0.05, 0) is 31.0 Å². The number of aromatic nitrogens is 8. The van der Waals surface area contributed by atoms with E-state index >= 15 is 0 Å². The number of nitrogens with one attached hydrogen (secondary N) is 4. The van der Waals surface area contributed by atoms with Crippen LogP contribution in [0.4, 0.5) is 4.39 Å². The predicted molar refractivity (Wildman–Crippen MR) is 138 cm³/mol. The van der Waals surface area contributed by atoms with Crippen molar-refractivity contribution in [1.82, 2.24) is 40.2 Å². The highest BCUT2D eigenvalue weighted by atomic mass is 19.1. The second kappa shape index (κ2) is 8.60. The third-order valence-electron chi connectivity index (χ3n) is 7.44. The van der Waals surface area contributed by atoms with Gasteiger partial charge in [0.2, 0.25) is 17.8 Å². The molecule has 1 aliphatic rings. The van der Waals surface area contributed by atoms with Crippen molar-refractivity contribution in [2.24, 2.45) is 7.05 Å². The third-order valence-corrected chi connectivity index (χ3v) is 7.44. The number of nitrogens with zero attached hydrogens (tertiary/aromatic N) is 5. The Bertz CT molecular complexity index is 1890. The largest absolute Gasteiger partial charge is 0.434 e. The molecule has 0 saturated carbocycles. The summed E-state index contributed by atoms with van der Waals surface area (Å²) < 4.78 is 22.9. The van der Waals surface area contributed by atoms with Crippen molar-refractivity contribution in [3.05, 3.63) is 106 Å². The molecule has 1 aliphatic heterocycles. The predicted octanol–water partition coefficient (Wildman–Crippen LogP) is 2.59. The summed E-state index contributed by atoms with van der Waals surface area (Å²) in [5.74, 6) is -0.134. The number of aryl methyl sites for hydroxylation is 2. The number of hydrogen-bond donors (Lipinski definition) is 4. The van der Waals surface area contributed by atoms with Gasteiger partial charge in [0.1, 0.15) is 18.6 Å². The lowest BCUT2D eigenvalue weighted by atomic mass is 9.79. The summed E-state index contributed by atoms with van der Waals surface area (Å²) in [6.07, 6.45) is 7.43. The fraction of sp³-hybridized carbons (Fsp3) is 0.222. The molecule has 6 heterocycles. The number of benzene rings is 1. The molecule has 11 nitrogen and oxygen atoms in total. The first-order chi connectivity index (χ1) is 19.0. The van der Waals surface area contributed by atoms with E-state index in [1.165, 1.54) is 12.3 Å². The molecule has 12 heteroatoms. The van der Waals surface area contributed by atoms with Crippen LogP contribution in [-0.2, 0) is 25.6 Å². The van der Waals surface area contributed by atoms with E-state index in [0.29, 0.717) is 18.8 Å².